The minimum atomic E-state index is -0.961. The number of ether oxygens (including phenoxy) is 1. The van der Waals surface area contributed by atoms with Gasteiger partial charge in [0.2, 0.25) is 5.91 Å². The Balaban J connectivity index is 1.76. The highest BCUT2D eigenvalue weighted by Gasteiger charge is 2.44. The Labute approximate surface area is 194 Å². The topological polar surface area (TPSA) is 55.4 Å². The van der Waals surface area contributed by atoms with E-state index in [4.69, 9.17) is 27.9 Å². The van der Waals surface area contributed by atoms with Gasteiger partial charge in [-0.2, -0.15) is 0 Å². The number of hydrogen-bond acceptors (Lipinski definition) is 3. The highest BCUT2D eigenvalue weighted by molar-refractivity contribution is 6.31. The number of rotatable bonds is 6. The molecule has 4 nitrogen and oxygen atoms in total. The molecule has 0 heterocycles. The monoisotopic (exact) mass is 461 g/mol. The molecular weight excluding hydrogens is 433 g/mol. The van der Waals surface area contributed by atoms with Gasteiger partial charge in [-0.25, -0.2) is 4.79 Å². The van der Waals surface area contributed by atoms with Crippen LogP contribution in [0.4, 0.5) is 0 Å². The van der Waals surface area contributed by atoms with E-state index in [-0.39, 0.29) is 18.3 Å². The molecule has 0 aromatic heterocycles. The van der Waals surface area contributed by atoms with Gasteiger partial charge in [-0.15, -0.1) is 0 Å². The molecule has 1 amide bonds. The fourth-order valence-corrected chi connectivity index (χ4v) is 4.70. The van der Waals surface area contributed by atoms with E-state index in [9.17, 15) is 9.59 Å². The number of hydrogen-bond donors (Lipinski definition) is 1. The predicted molar refractivity (Wildman–Crippen MR) is 125 cm³/mol. The lowest BCUT2D eigenvalue weighted by Gasteiger charge is -2.39. The molecule has 1 N–H and O–H groups in total. The molecule has 0 unspecified atom stereocenters. The normalized spacial score (nSPS) is 21.0. The average Bonchev–Trinajstić information content (AvgIpc) is 2.75. The maximum atomic E-state index is 13.0. The van der Waals surface area contributed by atoms with Gasteiger partial charge in [0.15, 0.2) is 0 Å². The van der Waals surface area contributed by atoms with E-state index in [2.05, 4.69) is 19.2 Å². The number of methoxy groups -OCH3 is 1. The molecule has 2 aromatic carbocycles. The van der Waals surface area contributed by atoms with Crippen LogP contribution in [-0.2, 0) is 20.7 Å². The fourth-order valence-electron chi connectivity index (χ4n) is 4.39. The van der Waals surface area contributed by atoms with Gasteiger partial charge >= 0.3 is 5.97 Å². The van der Waals surface area contributed by atoms with Crippen LogP contribution in [0.3, 0.4) is 0 Å². The van der Waals surface area contributed by atoms with E-state index in [0.29, 0.717) is 40.3 Å². The van der Waals surface area contributed by atoms with Crippen molar-refractivity contribution in [1.29, 1.82) is 0 Å². The Hall–Kier alpha value is -2.04. The van der Waals surface area contributed by atoms with Crippen molar-refractivity contribution in [2.75, 3.05) is 7.11 Å². The highest BCUT2D eigenvalue weighted by atomic mass is 35.5. The third-order valence-corrected chi connectivity index (χ3v) is 6.98. The van der Waals surface area contributed by atoms with E-state index >= 15 is 0 Å². The Bertz CT molecular complexity index is 932. The maximum absolute atomic E-state index is 13.0. The average molecular weight is 462 g/mol. The van der Waals surface area contributed by atoms with Gasteiger partial charge < -0.3 is 10.1 Å². The second-order valence-electron chi connectivity index (χ2n) is 8.69. The minimum absolute atomic E-state index is 0.0899. The zero-order chi connectivity index (χ0) is 22.6. The Morgan fingerprint density at radius 1 is 1.06 bits per heavy atom. The first-order valence-corrected chi connectivity index (χ1v) is 11.4. The molecular formula is C25H29Cl2NO3. The van der Waals surface area contributed by atoms with Gasteiger partial charge in [0, 0.05) is 10.0 Å². The van der Waals surface area contributed by atoms with Crippen molar-refractivity contribution in [3.8, 4) is 11.1 Å². The first kappa shape index (κ1) is 23.6. The van der Waals surface area contributed by atoms with E-state index in [1.807, 2.05) is 36.4 Å². The lowest BCUT2D eigenvalue weighted by atomic mass is 9.72. The van der Waals surface area contributed by atoms with Crippen LogP contribution in [0.25, 0.3) is 11.1 Å². The second-order valence-corrected chi connectivity index (χ2v) is 9.54. The molecule has 166 valence electrons. The van der Waals surface area contributed by atoms with Crippen LogP contribution in [0.2, 0.25) is 10.0 Å². The van der Waals surface area contributed by atoms with Crippen molar-refractivity contribution in [2.24, 2.45) is 11.8 Å². The van der Waals surface area contributed by atoms with Gasteiger partial charge in [0.05, 0.1) is 13.5 Å². The van der Waals surface area contributed by atoms with E-state index in [1.54, 1.807) is 6.07 Å². The summed E-state index contributed by atoms with van der Waals surface area (Å²) in [5.41, 5.74) is 1.68. The summed E-state index contributed by atoms with van der Waals surface area (Å²) in [7, 11) is 1.37. The number of benzene rings is 2. The smallest absolute Gasteiger partial charge is 0.331 e. The van der Waals surface area contributed by atoms with E-state index in [0.717, 1.165) is 24.0 Å². The first-order valence-electron chi connectivity index (χ1n) is 10.7. The van der Waals surface area contributed by atoms with Crippen LogP contribution in [0.15, 0.2) is 42.5 Å². The van der Waals surface area contributed by atoms with E-state index < -0.39 is 5.54 Å². The molecule has 3 rings (SSSR count). The SMILES string of the molecule is COC(=O)[C@]1(NC(=O)Cc2cc(-c3ccc(Cl)cc3)ccc2Cl)CC[C@H](C(C)C)CC1. The molecule has 0 saturated heterocycles. The third kappa shape index (κ3) is 5.61. The molecule has 0 spiro atoms. The Kier molecular flexibility index (Phi) is 7.66. The van der Waals surface area contributed by atoms with Gasteiger partial charge in [-0.1, -0.05) is 55.2 Å². The lowest BCUT2D eigenvalue weighted by Crippen LogP contribution is -2.57. The Morgan fingerprint density at radius 2 is 1.68 bits per heavy atom. The molecule has 1 fully saturated rings. The number of halogens is 2. The second kappa shape index (κ2) is 10.1. The van der Waals surface area contributed by atoms with Crippen molar-refractivity contribution in [3.63, 3.8) is 0 Å². The molecule has 31 heavy (non-hydrogen) atoms. The molecule has 6 heteroatoms. The fraction of sp³-hybridized carbons (Fsp3) is 0.440. The zero-order valence-corrected chi connectivity index (χ0v) is 19.7. The summed E-state index contributed by atoms with van der Waals surface area (Å²) in [6.45, 7) is 4.40. The molecule has 0 atom stereocenters. The lowest BCUT2D eigenvalue weighted by molar-refractivity contribution is -0.153. The molecule has 0 aliphatic heterocycles. The molecule has 1 aliphatic carbocycles. The number of nitrogens with one attached hydrogen (secondary N) is 1. The Morgan fingerprint density at radius 3 is 2.26 bits per heavy atom. The predicted octanol–water partition coefficient (Wildman–Crippen LogP) is 6.08. The summed E-state index contributed by atoms with van der Waals surface area (Å²) in [5, 5.41) is 4.18. The van der Waals surface area contributed by atoms with Gasteiger partial charge in [0.25, 0.3) is 0 Å². The molecule has 2 aromatic rings. The van der Waals surface area contributed by atoms with Gasteiger partial charge in [0.1, 0.15) is 5.54 Å². The van der Waals surface area contributed by atoms with E-state index in [1.165, 1.54) is 7.11 Å². The highest BCUT2D eigenvalue weighted by Crippen LogP contribution is 2.37. The van der Waals surface area contributed by atoms with Crippen molar-refractivity contribution in [3.05, 3.63) is 58.1 Å². The largest absolute Gasteiger partial charge is 0.467 e. The number of carbonyl (C=O) groups excluding carboxylic acids is 2. The summed E-state index contributed by atoms with van der Waals surface area (Å²) in [5.74, 6) is 0.508. The van der Waals surface area contributed by atoms with Gasteiger partial charge in [-0.3, -0.25) is 4.79 Å². The first-order chi connectivity index (χ1) is 14.7. The van der Waals surface area contributed by atoms with Crippen molar-refractivity contribution in [2.45, 2.75) is 51.5 Å². The number of carbonyl (C=O) groups is 2. The van der Waals surface area contributed by atoms with Crippen LogP contribution in [0, 0.1) is 11.8 Å². The van der Waals surface area contributed by atoms with Crippen molar-refractivity contribution < 1.29 is 14.3 Å². The maximum Gasteiger partial charge on any atom is 0.331 e. The summed E-state index contributed by atoms with van der Waals surface area (Å²) in [6.07, 6.45) is 3.05. The van der Waals surface area contributed by atoms with Crippen molar-refractivity contribution in [1.82, 2.24) is 5.32 Å². The van der Waals surface area contributed by atoms with Gasteiger partial charge in [-0.05, 0) is 78.5 Å². The number of esters is 1. The zero-order valence-electron chi connectivity index (χ0n) is 18.2. The van der Waals surface area contributed by atoms with Crippen LogP contribution >= 0.6 is 23.2 Å². The summed E-state index contributed by atoms with van der Waals surface area (Å²) < 4.78 is 5.06. The summed E-state index contributed by atoms with van der Waals surface area (Å²) >= 11 is 12.4. The minimum Gasteiger partial charge on any atom is -0.467 e. The summed E-state index contributed by atoms with van der Waals surface area (Å²) in [6, 6.07) is 13.1. The summed E-state index contributed by atoms with van der Waals surface area (Å²) in [4.78, 5) is 25.6. The molecule has 1 saturated carbocycles. The standard InChI is InChI=1S/C25H29Cl2NO3/c1-16(2)17-10-12-25(13-11-17,24(30)31-3)28-23(29)15-20-14-19(6-9-22(20)27)18-4-7-21(26)8-5-18/h4-9,14,16-17H,10-13,15H2,1-3H3,(H,28,29)/t17-,25-. The van der Waals surface area contributed by atoms with Crippen LogP contribution < -0.4 is 5.32 Å². The third-order valence-electron chi connectivity index (χ3n) is 6.36. The molecule has 0 bridgehead atoms. The molecule has 1 aliphatic rings. The van der Waals surface area contributed by atoms with Crippen molar-refractivity contribution >= 4 is 35.1 Å². The van der Waals surface area contributed by atoms with Crippen LogP contribution in [0.5, 0.6) is 0 Å². The van der Waals surface area contributed by atoms with Crippen LogP contribution in [-0.4, -0.2) is 24.5 Å². The molecule has 0 radical (unpaired) electrons. The van der Waals surface area contributed by atoms with Crippen LogP contribution in [0.1, 0.15) is 45.1 Å². The quantitative estimate of drug-likeness (QED) is 0.530. The number of amides is 1.